The molecule has 4 heterocycles. The highest BCUT2D eigenvalue weighted by Gasteiger charge is 2.20. The number of nitriles is 1. The van der Waals surface area contributed by atoms with Gasteiger partial charge in [-0.15, -0.1) is 5.10 Å². The maximum Gasteiger partial charge on any atom is 0.154 e. The Morgan fingerprint density at radius 2 is 1.64 bits per heavy atom. The molecule has 0 aliphatic carbocycles. The van der Waals surface area contributed by atoms with Crippen molar-refractivity contribution in [3.8, 4) is 6.07 Å². The first-order chi connectivity index (χ1) is 12.2. The summed E-state index contributed by atoms with van der Waals surface area (Å²) in [6.45, 7) is 7.48. The zero-order valence-corrected chi connectivity index (χ0v) is 14.3. The van der Waals surface area contributed by atoms with E-state index in [0.717, 1.165) is 54.8 Å². The summed E-state index contributed by atoms with van der Waals surface area (Å²) < 4.78 is 1.91. The quantitative estimate of drug-likeness (QED) is 0.713. The highest BCUT2D eigenvalue weighted by Crippen LogP contribution is 2.19. The van der Waals surface area contributed by atoms with Gasteiger partial charge in [-0.3, -0.25) is 0 Å². The third kappa shape index (κ3) is 2.76. The van der Waals surface area contributed by atoms with Gasteiger partial charge in [0.25, 0.3) is 0 Å². The molecule has 4 rings (SSSR count). The number of hydrogen-bond donors (Lipinski definition) is 0. The number of anilines is 2. The van der Waals surface area contributed by atoms with E-state index in [9.17, 15) is 0 Å². The summed E-state index contributed by atoms with van der Waals surface area (Å²) >= 11 is 0. The van der Waals surface area contributed by atoms with Gasteiger partial charge in [-0.25, -0.2) is 14.5 Å². The van der Waals surface area contributed by atoms with Crippen molar-refractivity contribution >= 4 is 17.3 Å². The Morgan fingerprint density at radius 3 is 2.36 bits per heavy atom. The number of fused-ring (bicyclic) bond motifs is 1. The highest BCUT2D eigenvalue weighted by atomic mass is 15.4. The fraction of sp³-hybridized carbons (Fsp3) is 0.333. The molecule has 1 fully saturated rings. The van der Waals surface area contributed by atoms with E-state index in [1.165, 1.54) is 0 Å². The Kier molecular flexibility index (Phi) is 3.73. The molecule has 0 saturated carbocycles. The molecule has 1 aliphatic heterocycles. The second-order valence-corrected chi connectivity index (χ2v) is 6.21. The van der Waals surface area contributed by atoms with Crippen LogP contribution >= 0.6 is 0 Å². The lowest BCUT2D eigenvalue weighted by molar-refractivity contribution is 0.635. The lowest BCUT2D eigenvalue weighted by atomic mass is 10.3. The molecule has 0 spiro atoms. The zero-order valence-electron chi connectivity index (χ0n) is 14.3. The molecule has 0 amide bonds. The van der Waals surface area contributed by atoms with Crippen LogP contribution in [0.25, 0.3) is 5.65 Å². The average molecular weight is 333 g/mol. The van der Waals surface area contributed by atoms with E-state index in [2.05, 4.69) is 25.8 Å². The van der Waals surface area contributed by atoms with E-state index in [-0.39, 0.29) is 0 Å². The summed E-state index contributed by atoms with van der Waals surface area (Å²) in [5.74, 6) is 1.83. The normalized spacial score (nSPS) is 14.8. The Hall–Kier alpha value is -3.14. The van der Waals surface area contributed by atoms with Crippen molar-refractivity contribution in [3.63, 3.8) is 0 Å². The Bertz CT molecular complexity index is 961. The van der Waals surface area contributed by atoms with E-state index in [0.29, 0.717) is 5.69 Å². The molecule has 0 aromatic carbocycles. The third-order valence-corrected chi connectivity index (χ3v) is 4.70. The van der Waals surface area contributed by atoms with E-state index in [1.807, 2.05) is 42.6 Å². The van der Waals surface area contributed by atoms with Gasteiger partial charge in [0.15, 0.2) is 5.65 Å². The molecule has 0 bridgehead atoms. The molecule has 126 valence electrons. The van der Waals surface area contributed by atoms with Crippen LogP contribution in [0.15, 0.2) is 30.3 Å². The number of piperazine rings is 1. The van der Waals surface area contributed by atoms with Gasteiger partial charge in [0, 0.05) is 26.2 Å². The van der Waals surface area contributed by atoms with Gasteiger partial charge in [-0.2, -0.15) is 5.26 Å². The number of nitrogens with zero attached hydrogens (tertiary/aromatic N) is 7. The third-order valence-electron chi connectivity index (χ3n) is 4.70. The Labute approximate surface area is 146 Å². The molecule has 0 unspecified atom stereocenters. The summed E-state index contributed by atoms with van der Waals surface area (Å²) in [4.78, 5) is 13.4. The minimum atomic E-state index is 0.456. The van der Waals surface area contributed by atoms with Crippen molar-refractivity contribution in [1.29, 1.82) is 5.26 Å². The molecule has 7 heteroatoms. The molecule has 1 aliphatic rings. The van der Waals surface area contributed by atoms with Crippen molar-refractivity contribution in [1.82, 2.24) is 19.6 Å². The maximum atomic E-state index is 9.01. The molecule has 0 radical (unpaired) electrons. The fourth-order valence-corrected chi connectivity index (χ4v) is 3.14. The van der Waals surface area contributed by atoms with Crippen molar-refractivity contribution < 1.29 is 0 Å². The Balaban J connectivity index is 1.52. The van der Waals surface area contributed by atoms with Crippen LogP contribution in [0.2, 0.25) is 0 Å². The minimum absolute atomic E-state index is 0.456. The van der Waals surface area contributed by atoms with Crippen molar-refractivity contribution in [3.05, 3.63) is 47.4 Å². The second-order valence-electron chi connectivity index (χ2n) is 6.21. The SMILES string of the molecule is Cc1nc2ccc(N3CCN(c4cccc(C#N)n4)CC3)nn2c1C. The van der Waals surface area contributed by atoms with Crippen molar-refractivity contribution in [2.75, 3.05) is 36.0 Å². The molecule has 3 aromatic heterocycles. The number of pyridine rings is 1. The molecule has 0 atom stereocenters. The van der Waals surface area contributed by atoms with Crippen LogP contribution < -0.4 is 9.80 Å². The minimum Gasteiger partial charge on any atom is -0.353 e. The van der Waals surface area contributed by atoms with Crippen LogP contribution in [0.5, 0.6) is 0 Å². The predicted octanol–water partition coefficient (Wildman–Crippen LogP) is 1.94. The summed E-state index contributed by atoms with van der Waals surface area (Å²) in [6, 6.07) is 11.7. The standard InChI is InChI=1S/C18H19N7/c1-13-14(2)25-17(20-13)6-7-18(22-25)24-10-8-23(9-11-24)16-5-3-4-15(12-19)21-16/h3-7H,8-11H2,1-2H3. The highest BCUT2D eigenvalue weighted by molar-refractivity contribution is 5.50. The lowest BCUT2D eigenvalue weighted by Gasteiger charge is -2.36. The molecular formula is C18H19N7. The molecule has 7 nitrogen and oxygen atoms in total. The average Bonchev–Trinajstić information content (AvgIpc) is 2.95. The molecule has 25 heavy (non-hydrogen) atoms. The van der Waals surface area contributed by atoms with Gasteiger partial charge in [0.1, 0.15) is 23.4 Å². The molecular weight excluding hydrogens is 314 g/mol. The predicted molar refractivity (Wildman–Crippen MR) is 95.8 cm³/mol. The number of rotatable bonds is 2. The summed E-state index contributed by atoms with van der Waals surface area (Å²) in [6.07, 6.45) is 0. The van der Waals surface area contributed by atoms with Gasteiger partial charge in [-0.1, -0.05) is 6.07 Å². The van der Waals surface area contributed by atoms with Crippen LogP contribution in [-0.2, 0) is 0 Å². The van der Waals surface area contributed by atoms with Gasteiger partial charge < -0.3 is 9.80 Å². The van der Waals surface area contributed by atoms with Crippen molar-refractivity contribution in [2.45, 2.75) is 13.8 Å². The molecule has 0 N–H and O–H groups in total. The topological polar surface area (TPSA) is 73.3 Å². The van der Waals surface area contributed by atoms with E-state index in [4.69, 9.17) is 10.4 Å². The second kappa shape index (κ2) is 6.06. The molecule has 1 saturated heterocycles. The van der Waals surface area contributed by atoms with E-state index < -0.39 is 0 Å². The van der Waals surface area contributed by atoms with Gasteiger partial charge in [-0.05, 0) is 38.1 Å². The van der Waals surface area contributed by atoms with Crippen LogP contribution in [0.1, 0.15) is 17.1 Å². The van der Waals surface area contributed by atoms with Crippen molar-refractivity contribution in [2.24, 2.45) is 0 Å². The molecule has 3 aromatic rings. The van der Waals surface area contributed by atoms with E-state index >= 15 is 0 Å². The van der Waals surface area contributed by atoms with Crippen LogP contribution in [0.3, 0.4) is 0 Å². The Morgan fingerprint density at radius 1 is 0.920 bits per heavy atom. The maximum absolute atomic E-state index is 9.01. The van der Waals surface area contributed by atoms with Gasteiger partial charge in [0.05, 0.1) is 11.4 Å². The fourth-order valence-electron chi connectivity index (χ4n) is 3.14. The monoisotopic (exact) mass is 333 g/mol. The zero-order chi connectivity index (χ0) is 17.4. The van der Waals surface area contributed by atoms with Crippen LogP contribution in [0.4, 0.5) is 11.6 Å². The first kappa shape index (κ1) is 15.4. The number of hydrogen-bond acceptors (Lipinski definition) is 6. The first-order valence-electron chi connectivity index (χ1n) is 8.36. The largest absolute Gasteiger partial charge is 0.353 e. The van der Waals surface area contributed by atoms with E-state index in [1.54, 1.807) is 6.07 Å². The van der Waals surface area contributed by atoms with Gasteiger partial charge >= 0.3 is 0 Å². The summed E-state index contributed by atoms with van der Waals surface area (Å²) in [5.41, 5.74) is 3.43. The van der Waals surface area contributed by atoms with Crippen LogP contribution in [-0.4, -0.2) is 45.8 Å². The van der Waals surface area contributed by atoms with Crippen LogP contribution in [0, 0.1) is 25.2 Å². The summed E-state index contributed by atoms with van der Waals surface area (Å²) in [7, 11) is 0. The number of imidazole rings is 1. The lowest BCUT2D eigenvalue weighted by Crippen LogP contribution is -2.47. The summed E-state index contributed by atoms with van der Waals surface area (Å²) in [5, 5.41) is 13.8. The number of aryl methyl sites for hydroxylation is 2. The smallest absolute Gasteiger partial charge is 0.154 e. The number of aromatic nitrogens is 4. The van der Waals surface area contributed by atoms with Gasteiger partial charge in [0.2, 0.25) is 0 Å². The first-order valence-corrected chi connectivity index (χ1v) is 8.36.